The Morgan fingerprint density at radius 1 is 0.933 bits per heavy atom. The van der Waals surface area contributed by atoms with Crippen molar-refractivity contribution in [3.05, 3.63) is 103 Å². The maximum absolute atomic E-state index is 13.0. The van der Waals surface area contributed by atoms with Crippen LogP contribution in [0, 0.1) is 5.82 Å². The Morgan fingerprint density at radius 2 is 1.60 bits per heavy atom. The minimum Gasteiger partial charge on any atom is -0.331 e. The lowest BCUT2D eigenvalue weighted by molar-refractivity contribution is 0.628. The Hall–Kier alpha value is -3.84. The van der Waals surface area contributed by atoms with E-state index in [1.54, 1.807) is 18.3 Å². The molecule has 4 rings (SSSR count). The summed E-state index contributed by atoms with van der Waals surface area (Å²) in [7, 11) is 0. The third kappa shape index (κ3) is 4.76. The molecule has 0 aliphatic carbocycles. The van der Waals surface area contributed by atoms with Crippen LogP contribution in [0.5, 0.6) is 0 Å². The molecular formula is C23H18FN5S. The van der Waals surface area contributed by atoms with Crippen LogP contribution in [0.3, 0.4) is 0 Å². The number of nitrogens with zero attached hydrogens (tertiary/aromatic N) is 3. The fraction of sp³-hybridized carbons (Fsp3) is 0. The van der Waals surface area contributed by atoms with E-state index in [9.17, 15) is 4.39 Å². The summed E-state index contributed by atoms with van der Waals surface area (Å²) in [6.45, 7) is 0. The number of halogens is 1. The van der Waals surface area contributed by atoms with E-state index in [4.69, 9.17) is 17.3 Å². The molecule has 0 fully saturated rings. The molecule has 0 saturated heterocycles. The maximum Gasteiger partial charge on any atom is 0.191 e. The molecule has 4 aromatic rings. The number of para-hydroxylation sites is 1. The van der Waals surface area contributed by atoms with Crippen molar-refractivity contribution in [3.63, 3.8) is 0 Å². The second-order valence-corrected chi connectivity index (χ2v) is 6.82. The molecule has 1 aromatic heterocycles. The predicted molar refractivity (Wildman–Crippen MR) is 122 cm³/mol. The van der Waals surface area contributed by atoms with Gasteiger partial charge in [0.1, 0.15) is 11.5 Å². The zero-order valence-electron chi connectivity index (χ0n) is 15.9. The lowest BCUT2D eigenvalue weighted by Gasteiger charge is -2.06. The number of thiocarbonyl (C=S) groups is 1. The average Bonchev–Trinajstić information content (AvgIpc) is 3.21. The van der Waals surface area contributed by atoms with Crippen molar-refractivity contribution in [1.29, 1.82) is 0 Å². The number of rotatable bonds is 5. The second kappa shape index (κ2) is 9.11. The Kier molecular flexibility index (Phi) is 5.91. The smallest absolute Gasteiger partial charge is 0.191 e. The zero-order valence-corrected chi connectivity index (χ0v) is 16.7. The molecular weight excluding hydrogens is 397 g/mol. The van der Waals surface area contributed by atoms with Crippen molar-refractivity contribution < 1.29 is 4.39 Å². The van der Waals surface area contributed by atoms with Gasteiger partial charge in [0.15, 0.2) is 5.11 Å². The fourth-order valence-electron chi connectivity index (χ4n) is 2.87. The maximum atomic E-state index is 13.0. The van der Waals surface area contributed by atoms with Gasteiger partial charge >= 0.3 is 0 Å². The summed E-state index contributed by atoms with van der Waals surface area (Å²) in [4.78, 5) is 0. The third-order valence-corrected chi connectivity index (χ3v) is 4.48. The first-order valence-corrected chi connectivity index (χ1v) is 9.66. The molecule has 5 nitrogen and oxygen atoms in total. The van der Waals surface area contributed by atoms with E-state index in [2.05, 4.69) is 15.8 Å². The van der Waals surface area contributed by atoms with Crippen LogP contribution >= 0.6 is 12.2 Å². The quantitative estimate of drug-likeness (QED) is 0.274. The van der Waals surface area contributed by atoms with Crippen LogP contribution in [0.4, 0.5) is 10.1 Å². The second-order valence-electron chi connectivity index (χ2n) is 6.41. The summed E-state index contributed by atoms with van der Waals surface area (Å²) in [5.41, 5.74) is 7.04. The van der Waals surface area contributed by atoms with Gasteiger partial charge in [-0.3, -0.25) is 5.43 Å². The van der Waals surface area contributed by atoms with Crippen LogP contribution in [0.1, 0.15) is 5.56 Å². The number of aromatic nitrogens is 2. The van der Waals surface area contributed by atoms with Gasteiger partial charge in [-0.25, -0.2) is 9.07 Å². The van der Waals surface area contributed by atoms with Crippen molar-refractivity contribution >= 4 is 29.2 Å². The van der Waals surface area contributed by atoms with Crippen LogP contribution in [0.25, 0.3) is 16.9 Å². The summed E-state index contributed by atoms with van der Waals surface area (Å²) in [6, 6.07) is 25.7. The van der Waals surface area contributed by atoms with E-state index in [1.807, 2.05) is 71.5 Å². The Labute approximate surface area is 178 Å². The predicted octanol–water partition coefficient (Wildman–Crippen LogP) is 5.00. The van der Waals surface area contributed by atoms with Crippen molar-refractivity contribution in [2.24, 2.45) is 5.10 Å². The first-order valence-electron chi connectivity index (χ1n) is 9.25. The highest BCUT2D eigenvalue weighted by molar-refractivity contribution is 7.80. The molecule has 0 aliphatic rings. The van der Waals surface area contributed by atoms with Crippen LogP contribution in [-0.2, 0) is 0 Å². The van der Waals surface area contributed by atoms with Gasteiger partial charge in [-0.15, -0.1) is 0 Å². The molecule has 3 aromatic carbocycles. The summed E-state index contributed by atoms with van der Waals surface area (Å²) >= 11 is 5.24. The van der Waals surface area contributed by atoms with Crippen molar-refractivity contribution in [2.75, 3.05) is 5.32 Å². The Balaban J connectivity index is 1.54. The largest absolute Gasteiger partial charge is 0.331 e. The molecule has 1 heterocycles. The summed E-state index contributed by atoms with van der Waals surface area (Å²) in [5, 5.41) is 12.2. The van der Waals surface area contributed by atoms with Gasteiger partial charge in [-0.1, -0.05) is 48.5 Å². The molecule has 0 radical (unpaired) electrons. The van der Waals surface area contributed by atoms with E-state index in [0.717, 1.165) is 22.5 Å². The molecule has 0 unspecified atom stereocenters. The van der Waals surface area contributed by atoms with Crippen LogP contribution in [-0.4, -0.2) is 21.1 Å². The Bertz CT molecular complexity index is 1160. The highest BCUT2D eigenvalue weighted by Crippen LogP contribution is 2.22. The zero-order chi connectivity index (χ0) is 20.8. The number of hydrazone groups is 1. The van der Waals surface area contributed by atoms with E-state index >= 15 is 0 Å². The van der Waals surface area contributed by atoms with Crippen LogP contribution in [0.2, 0.25) is 0 Å². The van der Waals surface area contributed by atoms with Gasteiger partial charge in [0, 0.05) is 23.0 Å². The van der Waals surface area contributed by atoms with Gasteiger partial charge < -0.3 is 5.32 Å². The summed E-state index contributed by atoms with van der Waals surface area (Å²) in [6.07, 6.45) is 3.59. The number of nitrogens with one attached hydrogen (secondary N) is 2. The summed E-state index contributed by atoms with van der Waals surface area (Å²) < 4.78 is 14.8. The third-order valence-electron chi connectivity index (χ3n) is 4.28. The Morgan fingerprint density at radius 3 is 2.30 bits per heavy atom. The molecule has 7 heteroatoms. The van der Waals surface area contributed by atoms with Crippen LogP contribution < -0.4 is 10.7 Å². The molecule has 0 atom stereocenters. The van der Waals surface area contributed by atoms with E-state index in [0.29, 0.717) is 10.8 Å². The number of hydrogen-bond acceptors (Lipinski definition) is 3. The van der Waals surface area contributed by atoms with Crippen LogP contribution in [0.15, 0.2) is 96.2 Å². The van der Waals surface area contributed by atoms with E-state index in [-0.39, 0.29) is 5.82 Å². The van der Waals surface area contributed by atoms with Crippen molar-refractivity contribution in [2.45, 2.75) is 0 Å². The molecule has 148 valence electrons. The minimum absolute atomic E-state index is 0.301. The molecule has 0 saturated carbocycles. The molecule has 2 N–H and O–H groups in total. The van der Waals surface area contributed by atoms with Gasteiger partial charge in [-0.2, -0.15) is 10.2 Å². The molecule has 0 amide bonds. The number of anilines is 1. The van der Waals surface area contributed by atoms with Gasteiger partial charge in [0.25, 0.3) is 0 Å². The first-order chi connectivity index (χ1) is 14.7. The first kappa shape index (κ1) is 19.5. The van der Waals surface area contributed by atoms with Crippen molar-refractivity contribution in [3.8, 4) is 16.9 Å². The highest BCUT2D eigenvalue weighted by atomic mass is 32.1. The molecule has 0 aliphatic heterocycles. The highest BCUT2D eigenvalue weighted by Gasteiger charge is 2.10. The normalized spacial score (nSPS) is 10.8. The SMILES string of the molecule is Fc1ccc(NC(=S)NN=Cc2cn(-c3ccccc3)nc2-c2ccccc2)cc1. The fourth-order valence-corrected chi connectivity index (χ4v) is 3.04. The van der Waals surface area contributed by atoms with Gasteiger partial charge in [0.2, 0.25) is 0 Å². The molecule has 0 spiro atoms. The monoisotopic (exact) mass is 415 g/mol. The minimum atomic E-state index is -0.304. The summed E-state index contributed by atoms with van der Waals surface area (Å²) in [5.74, 6) is -0.304. The van der Waals surface area contributed by atoms with Crippen molar-refractivity contribution in [1.82, 2.24) is 15.2 Å². The molecule has 0 bridgehead atoms. The van der Waals surface area contributed by atoms with E-state index in [1.165, 1.54) is 12.1 Å². The lowest BCUT2D eigenvalue weighted by Crippen LogP contribution is -2.23. The average molecular weight is 415 g/mol. The molecule has 30 heavy (non-hydrogen) atoms. The number of hydrogen-bond donors (Lipinski definition) is 2. The van der Waals surface area contributed by atoms with Gasteiger partial charge in [0.05, 0.1) is 11.9 Å². The van der Waals surface area contributed by atoms with E-state index < -0.39 is 0 Å². The lowest BCUT2D eigenvalue weighted by atomic mass is 10.1. The topological polar surface area (TPSA) is 54.2 Å². The standard InChI is InChI=1S/C23H18FN5S/c24-19-11-13-20(14-12-19)26-23(30)27-25-15-18-16-29(21-9-5-2-6-10-21)28-22(18)17-7-3-1-4-8-17/h1-16H,(H2,26,27,30). The van der Waals surface area contributed by atoms with Gasteiger partial charge in [-0.05, 0) is 48.6 Å². The number of benzene rings is 3.